The summed E-state index contributed by atoms with van der Waals surface area (Å²) in [5.41, 5.74) is 1.21. The van der Waals surface area contributed by atoms with Crippen molar-refractivity contribution < 1.29 is 14.3 Å². The van der Waals surface area contributed by atoms with Gasteiger partial charge in [0.1, 0.15) is 0 Å². The van der Waals surface area contributed by atoms with Gasteiger partial charge in [-0.1, -0.05) is 6.07 Å². The Labute approximate surface area is 161 Å². The maximum atomic E-state index is 11.6. The fourth-order valence-corrected chi connectivity index (χ4v) is 2.72. The summed E-state index contributed by atoms with van der Waals surface area (Å²) in [5, 5.41) is 9.44. The molecule has 0 atom stereocenters. The van der Waals surface area contributed by atoms with E-state index in [1.807, 2.05) is 19.1 Å². The zero-order valence-electron chi connectivity index (χ0n) is 16.6. The Morgan fingerprint density at radius 1 is 1.15 bits per heavy atom. The molecule has 0 aliphatic heterocycles. The van der Waals surface area contributed by atoms with E-state index in [4.69, 9.17) is 9.47 Å². The van der Waals surface area contributed by atoms with Crippen LogP contribution in [-0.2, 0) is 11.2 Å². The third-order valence-corrected chi connectivity index (χ3v) is 4.35. The van der Waals surface area contributed by atoms with E-state index in [-0.39, 0.29) is 11.8 Å². The summed E-state index contributed by atoms with van der Waals surface area (Å²) in [6.45, 7) is 4.66. The number of carbonyl (C=O) groups is 1. The number of ether oxygens (including phenoxy) is 2. The highest BCUT2D eigenvalue weighted by Gasteiger charge is 2.28. The van der Waals surface area contributed by atoms with Gasteiger partial charge in [0.15, 0.2) is 17.5 Å². The number of carbonyl (C=O) groups excluding carboxylic acids is 1. The van der Waals surface area contributed by atoms with Crippen molar-refractivity contribution in [2.75, 3.05) is 40.4 Å². The third kappa shape index (κ3) is 7.37. The molecular weight excluding hydrogens is 344 g/mol. The van der Waals surface area contributed by atoms with Crippen LogP contribution in [0.4, 0.5) is 0 Å². The van der Waals surface area contributed by atoms with Crippen LogP contribution >= 0.6 is 0 Å². The number of guanidine groups is 1. The standard InChI is InChI=1S/C20H32N4O3/c1-4-27-18-14-15(7-10-17(18)26-3)6-5-11-23-20(21-2)24-13-12-22-19(25)16-8-9-16/h7,10,14,16H,4-6,8-9,11-13H2,1-3H3,(H,22,25)(H2,21,23,24). The molecule has 1 aliphatic carbocycles. The van der Waals surface area contributed by atoms with Crippen molar-refractivity contribution in [3.8, 4) is 11.5 Å². The summed E-state index contributed by atoms with van der Waals surface area (Å²) in [4.78, 5) is 15.8. The minimum atomic E-state index is 0.172. The van der Waals surface area contributed by atoms with Crippen LogP contribution in [0.2, 0.25) is 0 Å². The van der Waals surface area contributed by atoms with E-state index < -0.39 is 0 Å². The summed E-state index contributed by atoms with van der Waals surface area (Å²) >= 11 is 0. The van der Waals surface area contributed by atoms with Crippen molar-refractivity contribution in [1.82, 2.24) is 16.0 Å². The number of benzene rings is 1. The van der Waals surface area contributed by atoms with Gasteiger partial charge in [-0.15, -0.1) is 0 Å². The highest BCUT2D eigenvalue weighted by Crippen LogP contribution is 2.29. The molecule has 1 aromatic rings. The number of hydrogen-bond donors (Lipinski definition) is 3. The van der Waals surface area contributed by atoms with Crippen molar-refractivity contribution in [3.63, 3.8) is 0 Å². The first-order chi connectivity index (χ1) is 13.2. The molecule has 0 aromatic heterocycles. The number of nitrogens with one attached hydrogen (secondary N) is 3. The van der Waals surface area contributed by atoms with Crippen LogP contribution in [-0.4, -0.2) is 52.3 Å². The van der Waals surface area contributed by atoms with Crippen LogP contribution in [0.3, 0.4) is 0 Å². The van der Waals surface area contributed by atoms with Gasteiger partial charge in [0.05, 0.1) is 13.7 Å². The number of amides is 1. The molecule has 7 nitrogen and oxygen atoms in total. The average molecular weight is 377 g/mol. The molecule has 3 N–H and O–H groups in total. The molecule has 1 aromatic carbocycles. The van der Waals surface area contributed by atoms with Crippen LogP contribution in [0.5, 0.6) is 11.5 Å². The Kier molecular flexibility index (Phi) is 8.74. The van der Waals surface area contributed by atoms with Crippen LogP contribution < -0.4 is 25.4 Å². The van der Waals surface area contributed by atoms with E-state index in [9.17, 15) is 4.79 Å². The Bertz CT molecular complexity index is 630. The first kappa shape index (κ1) is 20.9. The van der Waals surface area contributed by atoms with E-state index >= 15 is 0 Å². The smallest absolute Gasteiger partial charge is 0.223 e. The minimum Gasteiger partial charge on any atom is -0.493 e. The van der Waals surface area contributed by atoms with E-state index in [1.165, 1.54) is 5.56 Å². The van der Waals surface area contributed by atoms with E-state index in [2.05, 4.69) is 27.0 Å². The first-order valence-electron chi connectivity index (χ1n) is 9.69. The molecule has 0 unspecified atom stereocenters. The molecule has 0 saturated heterocycles. The van der Waals surface area contributed by atoms with Gasteiger partial charge < -0.3 is 25.4 Å². The second-order valence-corrected chi connectivity index (χ2v) is 6.51. The minimum absolute atomic E-state index is 0.172. The summed E-state index contributed by atoms with van der Waals surface area (Å²) < 4.78 is 10.9. The number of hydrogen-bond acceptors (Lipinski definition) is 4. The van der Waals surface area contributed by atoms with Gasteiger partial charge >= 0.3 is 0 Å². The van der Waals surface area contributed by atoms with Crippen molar-refractivity contribution in [2.24, 2.45) is 10.9 Å². The quantitative estimate of drug-likeness (QED) is 0.311. The summed E-state index contributed by atoms with van der Waals surface area (Å²) in [6.07, 6.45) is 3.97. The third-order valence-electron chi connectivity index (χ3n) is 4.35. The average Bonchev–Trinajstić information content (AvgIpc) is 3.52. The van der Waals surface area contributed by atoms with Crippen LogP contribution in [0.25, 0.3) is 0 Å². The number of rotatable bonds is 11. The molecule has 2 rings (SSSR count). The summed E-state index contributed by atoms with van der Waals surface area (Å²) in [5.74, 6) is 2.72. The van der Waals surface area contributed by atoms with E-state index in [0.29, 0.717) is 19.7 Å². The van der Waals surface area contributed by atoms with Gasteiger partial charge in [0.2, 0.25) is 5.91 Å². The molecule has 1 aliphatic rings. The van der Waals surface area contributed by atoms with Crippen molar-refractivity contribution >= 4 is 11.9 Å². The molecule has 150 valence electrons. The lowest BCUT2D eigenvalue weighted by Crippen LogP contribution is -2.42. The highest BCUT2D eigenvalue weighted by molar-refractivity contribution is 5.81. The van der Waals surface area contributed by atoms with E-state index in [0.717, 1.165) is 49.7 Å². The number of aryl methyl sites for hydroxylation is 1. The van der Waals surface area contributed by atoms with Gasteiger partial charge in [-0.2, -0.15) is 0 Å². The lowest BCUT2D eigenvalue weighted by molar-refractivity contribution is -0.122. The predicted molar refractivity (Wildman–Crippen MR) is 108 cm³/mol. The van der Waals surface area contributed by atoms with E-state index in [1.54, 1.807) is 14.2 Å². The lowest BCUT2D eigenvalue weighted by Gasteiger charge is -2.13. The Morgan fingerprint density at radius 3 is 2.56 bits per heavy atom. The fraction of sp³-hybridized carbons (Fsp3) is 0.600. The summed E-state index contributed by atoms with van der Waals surface area (Å²) in [7, 11) is 3.40. The van der Waals surface area contributed by atoms with Crippen molar-refractivity contribution in [2.45, 2.75) is 32.6 Å². The Morgan fingerprint density at radius 2 is 1.89 bits per heavy atom. The number of nitrogens with zero attached hydrogens (tertiary/aromatic N) is 1. The highest BCUT2D eigenvalue weighted by atomic mass is 16.5. The summed E-state index contributed by atoms with van der Waals surface area (Å²) in [6, 6.07) is 6.05. The van der Waals surface area contributed by atoms with Crippen LogP contribution in [0, 0.1) is 5.92 Å². The van der Waals surface area contributed by atoms with Gasteiger partial charge in [-0.05, 0) is 50.3 Å². The molecule has 1 fully saturated rings. The zero-order valence-corrected chi connectivity index (χ0v) is 16.6. The fourth-order valence-electron chi connectivity index (χ4n) is 2.72. The van der Waals surface area contributed by atoms with Gasteiger partial charge in [-0.25, -0.2) is 0 Å². The van der Waals surface area contributed by atoms with Gasteiger partial charge in [-0.3, -0.25) is 9.79 Å². The topological polar surface area (TPSA) is 84.0 Å². The molecule has 1 amide bonds. The van der Waals surface area contributed by atoms with Crippen molar-refractivity contribution in [3.05, 3.63) is 23.8 Å². The molecule has 7 heteroatoms. The SMILES string of the molecule is CCOc1cc(CCCNC(=NC)NCCNC(=O)C2CC2)ccc1OC. The molecule has 0 spiro atoms. The molecular formula is C20H32N4O3. The molecule has 27 heavy (non-hydrogen) atoms. The number of aliphatic imine (C=N–C) groups is 1. The lowest BCUT2D eigenvalue weighted by atomic mass is 10.1. The van der Waals surface area contributed by atoms with Gasteiger partial charge in [0.25, 0.3) is 0 Å². The van der Waals surface area contributed by atoms with Gasteiger partial charge in [0, 0.05) is 32.6 Å². The Hall–Kier alpha value is -2.44. The van der Waals surface area contributed by atoms with Crippen molar-refractivity contribution in [1.29, 1.82) is 0 Å². The zero-order chi connectivity index (χ0) is 19.5. The second kappa shape index (κ2) is 11.3. The predicted octanol–water partition coefficient (Wildman–Crippen LogP) is 1.72. The molecule has 0 heterocycles. The Balaban J connectivity index is 1.64. The normalized spacial score (nSPS) is 13.8. The maximum absolute atomic E-state index is 11.6. The number of methoxy groups -OCH3 is 1. The molecule has 0 bridgehead atoms. The second-order valence-electron chi connectivity index (χ2n) is 6.51. The maximum Gasteiger partial charge on any atom is 0.223 e. The molecule has 0 radical (unpaired) electrons. The molecule has 1 saturated carbocycles. The van der Waals surface area contributed by atoms with Crippen LogP contribution in [0.15, 0.2) is 23.2 Å². The van der Waals surface area contributed by atoms with Crippen LogP contribution in [0.1, 0.15) is 31.7 Å². The monoisotopic (exact) mass is 376 g/mol. The first-order valence-corrected chi connectivity index (χ1v) is 9.69. The largest absolute Gasteiger partial charge is 0.493 e.